The Morgan fingerprint density at radius 3 is 2.63 bits per heavy atom. The third-order valence-electron chi connectivity index (χ3n) is 2.87. The Balaban J connectivity index is 2.39. The van der Waals surface area contributed by atoms with Gasteiger partial charge in [0, 0.05) is 5.39 Å². The number of aromatic nitrogens is 3. The number of hydrogen-bond donors (Lipinski definition) is 1. The number of anilines is 1. The van der Waals surface area contributed by atoms with E-state index in [1.54, 1.807) is 24.3 Å². The van der Waals surface area contributed by atoms with Crippen LogP contribution in [0.4, 0.5) is 19.1 Å². The molecule has 0 unspecified atom stereocenters. The largest absolute Gasteiger partial charge is 0.406 e. The normalized spacial score (nSPS) is 12.4. The standard InChI is InChI=1S/C12H9F3N4/c13-12(14,15)6-19-8-4-2-1-3-7(8)10-9(19)5-17-11(16)18-10/h1-5H,6H2,(H2,16,17,18). The maximum atomic E-state index is 12.7. The van der Waals surface area contributed by atoms with E-state index in [9.17, 15) is 13.2 Å². The molecule has 0 radical (unpaired) electrons. The summed E-state index contributed by atoms with van der Waals surface area (Å²) in [5, 5.41) is 0.635. The van der Waals surface area contributed by atoms with Crippen LogP contribution in [0.2, 0.25) is 0 Å². The number of nitrogens with two attached hydrogens (primary N) is 1. The van der Waals surface area contributed by atoms with E-state index in [1.165, 1.54) is 6.20 Å². The molecule has 3 rings (SSSR count). The summed E-state index contributed by atoms with van der Waals surface area (Å²) < 4.78 is 39.2. The fourth-order valence-electron chi connectivity index (χ4n) is 2.17. The van der Waals surface area contributed by atoms with Gasteiger partial charge in [-0.05, 0) is 6.07 Å². The predicted molar refractivity (Wildman–Crippen MR) is 65.5 cm³/mol. The summed E-state index contributed by atoms with van der Waals surface area (Å²) in [7, 11) is 0. The van der Waals surface area contributed by atoms with Gasteiger partial charge in [0.05, 0.1) is 17.2 Å². The van der Waals surface area contributed by atoms with Crippen LogP contribution in [0.5, 0.6) is 0 Å². The molecule has 0 fully saturated rings. The number of nitrogens with zero attached hydrogens (tertiary/aromatic N) is 3. The highest BCUT2D eigenvalue weighted by Gasteiger charge is 2.30. The zero-order valence-corrected chi connectivity index (χ0v) is 9.65. The third-order valence-corrected chi connectivity index (χ3v) is 2.87. The van der Waals surface area contributed by atoms with Gasteiger partial charge in [0.1, 0.15) is 12.1 Å². The maximum absolute atomic E-state index is 12.7. The maximum Gasteiger partial charge on any atom is 0.406 e. The van der Waals surface area contributed by atoms with Gasteiger partial charge in [0.2, 0.25) is 5.95 Å². The highest BCUT2D eigenvalue weighted by atomic mass is 19.4. The van der Waals surface area contributed by atoms with Crippen LogP contribution in [-0.2, 0) is 6.54 Å². The van der Waals surface area contributed by atoms with Crippen LogP contribution in [0, 0.1) is 0 Å². The van der Waals surface area contributed by atoms with Gasteiger partial charge < -0.3 is 10.3 Å². The Morgan fingerprint density at radius 2 is 1.89 bits per heavy atom. The minimum Gasteiger partial charge on any atom is -0.368 e. The minimum atomic E-state index is -4.31. The molecule has 2 heterocycles. The van der Waals surface area contributed by atoms with E-state index in [2.05, 4.69) is 9.97 Å². The molecular weight excluding hydrogens is 257 g/mol. The van der Waals surface area contributed by atoms with E-state index in [0.29, 0.717) is 21.9 Å². The van der Waals surface area contributed by atoms with Gasteiger partial charge in [-0.25, -0.2) is 9.97 Å². The molecule has 0 saturated heterocycles. The van der Waals surface area contributed by atoms with Crippen molar-refractivity contribution in [3.8, 4) is 0 Å². The van der Waals surface area contributed by atoms with Crippen molar-refractivity contribution in [2.24, 2.45) is 0 Å². The Kier molecular flexibility index (Phi) is 2.38. The second-order valence-corrected chi connectivity index (χ2v) is 4.18. The van der Waals surface area contributed by atoms with Crippen molar-refractivity contribution in [2.75, 3.05) is 5.73 Å². The Hall–Kier alpha value is -2.31. The van der Waals surface area contributed by atoms with Gasteiger partial charge in [-0.1, -0.05) is 18.2 Å². The molecule has 7 heteroatoms. The molecule has 2 aromatic heterocycles. The van der Waals surface area contributed by atoms with Crippen molar-refractivity contribution in [2.45, 2.75) is 12.7 Å². The van der Waals surface area contributed by atoms with Crippen molar-refractivity contribution < 1.29 is 13.2 Å². The Morgan fingerprint density at radius 1 is 1.16 bits per heavy atom. The number of fused-ring (bicyclic) bond motifs is 3. The number of para-hydroxylation sites is 1. The van der Waals surface area contributed by atoms with Gasteiger partial charge in [0.15, 0.2) is 0 Å². The predicted octanol–water partition coefficient (Wildman–Crippen LogP) is 2.73. The van der Waals surface area contributed by atoms with Crippen LogP contribution in [0.3, 0.4) is 0 Å². The summed E-state index contributed by atoms with van der Waals surface area (Å²) in [6.07, 6.45) is -2.99. The van der Waals surface area contributed by atoms with Crippen molar-refractivity contribution in [3.63, 3.8) is 0 Å². The number of benzene rings is 1. The highest BCUT2D eigenvalue weighted by molar-refractivity contribution is 6.05. The van der Waals surface area contributed by atoms with Crippen LogP contribution >= 0.6 is 0 Å². The Labute approximate surface area is 105 Å². The first-order valence-corrected chi connectivity index (χ1v) is 5.52. The van der Waals surface area contributed by atoms with Crippen molar-refractivity contribution in [1.29, 1.82) is 0 Å². The van der Waals surface area contributed by atoms with Crippen LogP contribution in [0.15, 0.2) is 30.5 Å². The van der Waals surface area contributed by atoms with Crippen LogP contribution in [0.25, 0.3) is 21.9 Å². The third kappa shape index (κ3) is 1.96. The fraction of sp³-hybridized carbons (Fsp3) is 0.167. The molecule has 1 aromatic carbocycles. The van der Waals surface area contributed by atoms with Gasteiger partial charge in [-0.2, -0.15) is 13.2 Å². The minimum absolute atomic E-state index is 0.0439. The smallest absolute Gasteiger partial charge is 0.368 e. The summed E-state index contributed by atoms with van der Waals surface area (Å²) >= 11 is 0. The van der Waals surface area contributed by atoms with E-state index in [0.717, 1.165) is 4.57 Å². The molecule has 0 aliphatic carbocycles. The average Bonchev–Trinajstić information content (AvgIpc) is 2.62. The molecule has 4 nitrogen and oxygen atoms in total. The topological polar surface area (TPSA) is 56.7 Å². The van der Waals surface area contributed by atoms with Crippen LogP contribution < -0.4 is 5.73 Å². The lowest BCUT2D eigenvalue weighted by Crippen LogP contribution is -2.17. The van der Waals surface area contributed by atoms with Crippen LogP contribution in [-0.4, -0.2) is 20.7 Å². The Bertz CT molecular complexity index is 761. The zero-order chi connectivity index (χ0) is 13.6. The van der Waals surface area contributed by atoms with Crippen LogP contribution in [0.1, 0.15) is 0 Å². The summed E-state index contributed by atoms with van der Waals surface area (Å²) in [6, 6.07) is 6.78. The summed E-state index contributed by atoms with van der Waals surface area (Å²) in [4.78, 5) is 7.80. The number of nitrogen functional groups attached to an aromatic ring is 1. The first kappa shape index (κ1) is 11.8. The molecule has 0 atom stereocenters. The zero-order valence-electron chi connectivity index (χ0n) is 9.65. The first-order chi connectivity index (χ1) is 8.96. The monoisotopic (exact) mass is 266 g/mol. The molecule has 0 spiro atoms. The summed E-state index contributed by atoms with van der Waals surface area (Å²) in [5.74, 6) is 0.0439. The van der Waals surface area contributed by atoms with Gasteiger partial charge in [-0.15, -0.1) is 0 Å². The molecule has 2 N–H and O–H groups in total. The molecule has 0 bridgehead atoms. The first-order valence-electron chi connectivity index (χ1n) is 5.52. The number of rotatable bonds is 1. The fourth-order valence-corrected chi connectivity index (χ4v) is 2.17. The van der Waals surface area contributed by atoms with Gasteiger partial charge in [0.25, 0.3) is 0 Å². The van der Waals surface area contributed by atoms with E-state index in [1.807, 2.05) is 0 Å². The van der Waals surface area contributed by atoms with E-state index >= 15 is 0 Å². The lowest BCUT2D eigenvalue weighted by molar-refractivity contribution is -0.139. The van der Waals surface area contributed by atoms with Crippen molar-refractivity contribution in [3.05, 3.63) is 30.5 Å². The molecule has 0 aliphatic heterocycles. The molecule has 98 valence electrons. The molecular formula is C12H9F3N4. The second-order valence-electron chi connectivity index (χ2n) is 4.18. The van der Waals surface area contributed by atoms with E-state index in [-0.39, 0.29) is 5.95 Å². The highest BCUT2D eigenvalue weighted by Crippen LogP contribution is 2.30. The number of halogens is 3. The lowest BCUT2D eigenvalue weighted by atomic mass is 10.2. The summed E-state index contributed by atoms with van der Waals surface area (Å²) in [5.41, 5.74) is 6.73. The van der Waals surface area contributed by atoms with E-state index in [4.69, 9.17) is 5.73 Å². The van der Waals surface area contributed by atoms with Crippen molar-refractivity contribution in [1.82, 2.24) is 14.5 Å². The summed E-state index contributed by atoms with van der Waals surface area (Å²) in [6.45, 7) is -1.08. The lowest BCUT2D eigenvalue weighted by Gasteiger charge is -2.10. The second kappa shape index (κ2) is 3.84. The molecule has 0 saturated carbocycles. The quantitative estimate of drug-likeness (QED) is 0.736. The van der Waals surface area contributed by atoms with Crippen molar-refractivity contribution >= 4 is 27.9 Å². The molecule has 0 amide bonds. The SMILES string of the molecule is Nc1ncc2c(n1)c1ccccc1n2CC(F)(F)F. The number of alkyl halides is 3. The molecule has 0 aliphatic rings. The average molecular weight is 266 g/mol. The van der Waals surface area contributed by atoms with Gasteiger partial charge >= 0.3 is 6.18 Å². The van der Waals surface area contributed by atoms with Gasteiger partial charge in [-0.3, -0.25) is 0 Å². The molecule has 19 heavy (non-hydrogen) atoms. The van der Waals surface area contributed by atoms with E-state index < -0.39 is 12.7 Å². The molecule has 3 aromatic rings. The number of hydrogen-bond acceptors (Lipinski definition) is 3.